The molecule has 3 aliphatic heterocycles. The summed E-state index contributed by atoms with van der Waals surface area (Å²) in [6.07, 6.45) is 1.07. The molecule has 0 aromatic carbocycles. The van der Waals surface area contributed by atoms with Crippen LogP contribution in [-0.2, 0) is 86.3 Å². The minimum Gasteiger partial charge on any atom is -0.481 e. The predicted molar refractivity (Wildman–Crippen MR) is 403 cm³/mol. The lowest BCUT2D eigenvalue weighted by atomic mass is 10.0. The Hall–Kier alpha value is -10.4. The van der Waals surface area contributed by atoms with Gasteiger partial charge in [0.25, 0.3) is 0 Å². The van der Waals surface area contributed by atoms with Crippen molar-refractivity contribution in [3.63, 3.8) is 0 Å². The molecule has 0 spiro atoms. The largest absolute Gasteiger partial charge is 0.481 e. The fraction of sp³-hybridized carbons (Fsp3) is 0.729. The lowest BCUT2D eigenvalue weighted by Crippen LogP contribution is -2.60. The number of rotatable bonds is 49. The second-order valence-corrected chi connectivity index (χ2v) is 29.2. The number of hydrogen-bond acceptors (Lipinski definition) is 22. The average Bonchev–Trinajstić information content (AvgIpc) is 1.64. The first kappa shape index (κ1) is 95.8. The van der Waals surface area contributed by atoms with Gasteiger partial charge in [0, 0.05) is 45.4 Å². The van der Waals surface area contributed by atoms with Gasteiger partial charge in [0.2, 0.25) is 94.5 Å². The number of primary amides is 2. The van der Waals surface area contributed by atoms with Gasteiger partial charge in [0.1, 0.15) is 84.6 Å². The van der Waals surface area contributed by atoms with Crippen LogP contribution in [0.25, 0.3) is 0 Å². The summed E-state index contributed by atoms with van der Waals surface area (Å²) >= 11 is 0. The highest BCUT2D eigenvalue weighted by Crippen LogP contribution is 2.25. The lowest BCUT2D eigenvalue weighted by Gasteiger charge is -2.33. The van der Waals surface area contributed by atoms with Gasteiger partial charge in [-0.15, -0.1) is 0 Å². The van der Waals surface area contributed by atoms with Crippen LogP contribution in [0.1, 0.15) is 184 Å². The number of carbonyl (C=O) groups is 18. The highest BCUT2D eigenvalue weighted by Gasteiger charge is 2.45. The van der Waals surface area contributed by atoms with Crippen LogP contribution in [0.5, 0.6) is 0 Å². The molecule has 0 aromatic rings. The van der Waals surface area contributed by atoms with Gasteiger partial charge in [0.05, 0.1) is 6.04 Å². The Balaban J connectivity index is 1.77. The van der Waals surface area contributed by atoms with Gasteiger partial charge in [0.15, 0.2) is 5.96 Å². The molecule has 16 amide bonds. The van der Waals surface area contributed by atoms with Gasteiger partial charge < -0.3 is 124 Å². The molecule has 3 rings (SSSR count). The van der Waals surface area contributed by atoms with Gasteiger partial charge >= 0.3 is 11.9 Å². The highest BCUT2D eigenvalue weighted by atomic mass is 16.4. The van der Waals surface area contributed by atoms with Crippen molar-refractivity contribution < 1.29 is 96.5 Å². The standard InChI is InChI=1S/C70H120N22O20/c1-35(2)53(65(107)82-37(5)55(97)79-38(6)57(99)87-46(69(111)112)24-27-51(75)94)88-58(100)40(8)81-60(102)42(19-13-31-78-70(76)77)83-62(104)47-20-14-32-90(47)66(108)44(18-10-12-30-72)85-56(98)39(7)80-61(103)43(23-26-50(74)93)84-63(105)48-21-16-34-92(48)68(110)54(36(3)4)89-64(106)49-22-15-33-91(49)67(109)45(25-28-52(95)96)86-59(101)41(73)17-9-11-29-71/h35-49,53-54H,9-34,71-73H2,1-8H3,(H2,74,93)(H2,75,94)(H,79,97)(H,80,103)(H,81,102)(H,82,107)(H,83,104)(H,84,105)(H,85,98)(H,86,101)(H,87,99)(H,88,100)(H,89,106)(H,95,96)(H,111,112)(H4,76,77,78)/t37-,38-,39-,40-,41-,42-,43-,44-,45-,46-,47-,48-,49-,53-,54-/m0/s1. The molecular weight excluding hydrogens is 1470 g/mol. The fourth-order valence-corrected chi connectivity index (χ4v) is 12.8. The molecule has 0 aromatic heterocycles. The van der Waals surface area contributed by atoms with E-state index >= 15 is 0 Å². The Kier molecular flexibility index (Phi) is 40.8. The van der Waals surface area contributed by atoms with Gasteiger partial charge in [-0.05, 0) is 155 Å². The van der Waals surface area contributed by atoms with Crippen LogP contribution in [-0.4, -0.2) is 267 Å². The fourth-order valence-electron chi connectivity index (χ4n) is 12.8. The van der Waals surface area contributed by atoms with E-state index in [4.69, 9.17) is 40.1 Å². The summed E-state index contributed by atoms with van der Waals surface area (Å²) in [6, 6.07) is -19.7. The third-order valence-corrected chi connectivity index (χ3v) is 19.3. The second kappa shape index (κ2) is 47.7. The molecule has 630 valence electrons. The summed E-state index contributed by atoms with van der Waals surface area (Å²) < 4.78 is 0. The molecule has 0 aliphatic carbocycles. The minimum absolute atomic E-state index is 0.00261. The number of carboxylic acids is 2. The monoisotopic (exact) mass is 1590 g/mol. The summed E-state index contributed by atoms with van der Waals surface area (Å²) in [5, 5.41) is 46.8. The molecule has 112 heavy (non-hydrogen) atoms. The Bertz CT molecular complexity index is 3360. The van der Waals surface area contributed by atoms with Crippen LogP contribution in [0.2, 0.25) is 0 Å². The number of carboxylic acid groups (broad SMARTS) is 2. The third-order valence-electron chi connectivity index (χ3n) is 19.3. The Morgan fingerprint density at radius 1 is 0.375 bits per heavy atom. The smallest absolute Gasteiger partial charge is 0.326 e. The first-order chi connectivity index (χ1) is 52.6. The van der Waals surface area contributed by atoms with Crippen molar-refractivity contribution in [1.29, 1.82) is 0 Å². The number of nitrogens with two attached hydrogens (primary N) is 7. The molecule has 15 atom stereocenters. The normalized spacial score (nSPS) is 18.5. The second-order valence-electron chi connectivity index (χ2n) is 29.2. The van der Waals surface area contributed by atoms with Crippen molar-refractivity contribution in [2.24, 2.45) is 57.0 Å². The van der Waals surface area contributed by atoms with Crippen molar-refractivity contribution >= 4 is 112 Å². The van der Waals surface area contributed by atoms with E-state index in [1.165, 1.54) is 42.4 Å². The summed E-state index contributed by atoms with van der Waals surface area (Å²) in [5.74, 6) is -17.2. The quantitative estimate of drug-likeness (QED) is 0.0153. The first-order valence-corrected chi connectivity index (χ1v) is 38.1. The molecule has 42 nitrogen and oxygen atoms in total. The average molecular weight is 1590 g/mol. The minimum atomic E-state index is -1.54. The van der Waals surface area contributed by atoms with Crippen molar-refractivity contribution in [3.05, 3.63) is 0 Å². The number of hydrogen-bond donors (Lipinski definition) is 20. The zero-order valence-electron chi connectivity index (χ0n) is 65.3. The maximum absolute atomic E-state index is 14.7. The Morgan fingerprint density at radius 3 is 1.16 bits per heavy atom. The predicted octanol–water partition coefficient (Wildman–Crippen LogP) is -7.20. The first-order valence-electron chi connectivity index (χ1n) is 38.1. The molecular formula is C70H120N22O20. The van der Waals surface area contributed by atoms with Crippen molar-refractivity contribution in [2.75, 3.05) is 39.3 Å². The Labute approximate surface area is 650 Å². The van der Waals surface area contributed by atoms with Crippen molar-refractivity contribution in [3.8, 4) is 0 Å². The lowest BCUT2D eigenvalue weighted by molar-refractivity contribution is -0.145. The maximum Gasteiger partial charge on any atom is 0.326 e. The van der Waals surface area contributed by atoms with Gasteiger partial charge in [-0.25, -0.2) is 4.79 Å². The SMILES string of the molecule is CC(C)[C@H](NC(=O)[C@H](C)NC(=O)[C@H](CCCN=C(N)N)NC(=O)[C@@H]1CCCN1C(=O)[C@H](CCCCN)NC(=O)[C@H](C)NC(=O)[C@H](CCC(N)=O)NC(=O)[C@@H]1CCCN1C(=O)[C@@H](NC(=O)[C@@H]1CCCN1C(=O)[C@H](CCC(=O)O)NC(=O)[C@@H](N)CCCCN)C(C)C)C(=O)N[C@@H](C)C(=O)N[C@@H](C)C(=O)N[C@@H](CCC(N)=O)C(=O)O. The topological polar surface area (TPSA) is 684 Å². The van der Waals surface area contributed by atoms with E-state index in [-0.39, 0.29) is 109 Å². The molecule has 3 aliphatic rings. The van der Waals surface area contributed by atoms with Crippen molar-refractivity contribution in [2.45, 2.75) is 274 Å². The molecule has 3 heterocycles. The summed E-state index contributed by atoms with van der Waals surface area (Å²) in [7, 11) is 0. The number of likely N-dealkylation sites (tertiary alicyclic amines) is 3. The summed E-state index contributed by atoms with van der Waals surface area (Å²) in [4.78, 5) is 249. The van der Waals surface area contributed by atoms with E-state index in [2.05, 4.69) is 63.5 Å². The molecule has 0 saturated carbocycles. The molecule has 3 saturated heterocycles. The zero-order chi connectivity index (χ0) is 84.4. The van der Waals surface area contributed by atoms with Crippen LogP contribution in [0, 0.1) is 11.8 Å². The van der Waals surface area contributed by atoms with E-state index < -0.39 is 222 Å². The molecule has 3 fully saturated rings. The van der Waals surface area contributed by atoms with Crippen LogP contribution >= 0.6 is 0 Å². The zero-order valence-corrected chi connectivity index (χ0v) is 65.3. The van der Waals surface area contributed by atoms with Gasteiger partial charge in [-0.1, -0.05) is 34.1 Å². The van der Waals surface area contributed by atoms with Crippen LogP contribution < -0.4 is 98.6 Å². The van der Waals surface area contributed by atoms with Gasteiger partial charge in [-0.3, -0.25) is 86.5 Å². The summed E-state index contributed by atoms with van der Waals surface area (Å²) in [5.41, 5.74) is 39.1. The number of carbonyl (C=O) groups excluding carboxylic acids is 16. The highest BCUT2D eigenvalue weighted by molar-refractivity contribution is 6.01. The third kappa shape index (κ3) is 31.4. The molecule has 0 bridgehead atoms. The molecule has 0 radical (unpaired) electrons. The van der Waals surface area contributed by atoms with Crippen LogP contribution in [0.3, 0.4) is 0 Å². The van der Waals surface area contributed by atoms with Crippen molar-refractivity contribution in [1.82, 2.24) is 73.2 Å². The number of aliphatic carboxylic acids is 2. The molecule has 27 N–H and O–H groups in total. The number of guanidine groups is 1. The molecule has 0 unspecified atom stereocenters. The van der Waals surface area contributed by atoms with Gasteiger partial charge in [-0.2, -0.15) is 0 Å². The number of nitrogens with zero attached hydrogens (tertiary/aromatic N) is 4. The van der Waals surface area contributed by atoms with E-state index in [1.807, 2.05) is 0 Å². The maximum atomic E-state index is 14.7. The van der Waals surface area contributed by atoms with E-state index in [9.17, 15) is 96.5 Å². The van der Waals surface area contributed by atoms with E-state index in [0.717, 1.165) is 0 Å². The number of aliphatic imine (C=N–C) groups is 1. The number of amides is 16. The van der Waals surface area contributed by atoms with Crippen LogP contribution in [0.15, 0.2) is 4.99 Å². The van der Waals surface area contributed by atoms with Crippen LogP contribution in [0.4, 0.5) is 0 Å². The summed E-state index contributed by atoms with van der Waals surface area (Å²) in [6.45, 7) is 12.3. The molecule has 42 heteroatoms. The van der Waals surface area contributed by atoms with E-state index in [1.54, 1.807) is 27.7 Å². The number of unbranched alkanes of at least 4 members (excludes halogenated alkanes) is 2. The van der Waals surface area contributed by atoms with E-state index in [0.29, 0.717) is 51.5 Å². The Morgan fingerprint density at radius 2 is 0.732 bits per heavy atom. The number of nitrogens with one attached hydrogen (secondary N) is 11.